The third-order valence-corrected chi connectivity index (χ3v) is 5.42. The van der Waals surface area contributed by atoms with E-state index >= 15 is 0 Å². The first-order valence-electron chi connectivity index (χ1n) is 7.24. The number of hydrogen-bond acceptors (Lipinski definition) is 3. The molecule has 1 aromatic carbocycles. The second kappa shape index (κ2) is 6.70. The van der Waals surface area contributed by atoms with E-state index in [1.54, 1.807) is 12.1 Å². The largest absolute Gasteiger partial charge is 0.316 e. The maximum Gasteiger partial charge on any atom is 0.240 e. The predicted octanol–water partition coefficient (Wildman–Crippen LogP) is 2.12. The highest BCUT2D eigenvalue weighted by Crippen LogP contribution is 2.29. The van der Waals surface area contributed by atoms with E-state index in [9.17, 15) is 8.42 Å². The minimum absolute atomic E-state index is 0.350. The molecule has 1 saturated carbocycles. The van der Waals surface area contributed by atoms with Crippen LogP contribution in [0.4, 0.5) is 0 Å². The summed E-state index contributed by atoms with van der Waals surface area (Å²) in [5.74, 6) is 1.22. The molecule has 2 unspecified atom stereocenters. The monoisotopic (exact) mass is 296 g/mol. The molecule has 4 nitrogen and oxygen atoms in total. The lowest BCUT2D eigenvalue weighted by Gasteiger charge is -2.12. The molecule has 1 aromatic rings. The van der Waals surface area contributed by atoms with Gasteiger partial charge < -0.3 is 5.32 Å². The van der Waals surface area contributed by atoms with E-state index in [2.05, 4.69) is 17.0 Å². The van der Waals surface area contributed by atoms with Gasteiger partial charge in [0.1, 0.15) is 0 Å². The van der Waals surface area contributed by atoms with Crippen molar-refractivity contribution in [3.63, 3.8) is 0 Å². The Balaban J connectivity index is 1.95. The fourth-order valence-corrected chi connectivity index (χ4v) is 3.93. The van der Waals surface area contributed by atoms with Crippen LogP contribution in [0.2, 0.25) is 0 Å². The molecule has 0 aromatic heterocycles. The zero-order valence-electron chi connectivity index (χ0n) is 12.2. The molecule has 112 valence electrons. The predicted molar refractivity (Wildman–Crippen MR) is 80.9 cm³/mol. The second-order valence-corrected chi connectivity index (χ2v) is 7.58. The van der Waals surface area contributed by atoms with Crippen molar-refractivity contribution in [1.29, 1.82) is 0 Å². The molecule has 5 heteroatoms. The van der Waals surface area contributed by atoms with Crippen LogP contribution in [0.3, 0.4) is 0 Å². The summed E-state index contributed by atoms with van der Waals surface area (Å²) in [7, 11) is -1.50. The van der Waals surface area contributed by atoms with E-state index in [4.69, 9.17) is 0 Å². The Bertz CT molecular complexity index is 525. The normalized spacial score (nSPS) is 23.1. The molecule has 20 heavy (non-hydrogen) atoms. The van der Waals surface area contributed by atoms with E-state index in [-0.39, 0.29) is 0 Å². The number of rotatable bonds is 6. The van der Waals surface area contributed by atoms with Crippen molar-refractivity contribution in [3.05, 3.63) is 29.8 Å². The highest BCUT2D eigenvalue weighted by molar-refractivity contribution is 7.89. The van der Waals surface area contributed by atoms with E-state index in [1.165, 1.54) is 6.42 Å². The van der Waals surface area contributed by atoms with Crippen LogP contribution in [0.1, 0.15) is 31.7 Å². The summed E-state index contributed by atoms with van der Waals surface area (Å²) < 4.78 is 27.2. The molecular formula is C15H24N2O2S. The van der Waals surface area contributed by atoms with Gasteiger partial charge in [-0.3, -0.25) is 0 Å². The Hall–Kier alpha value is -0.910. The highest BCUT2D eigenvalue weighted by atomic mass is 32.2. The molecule has 0 aliphatic heterocycles. The molecule has 0 spiro atoms. The molecule has 2 N–H and O–H groups in total. The van der Waals surface area contributed by atoms with Crippen LogP contribution in [-0.4, -0.2) is 22.0 Å². The van der Waals surface area contributed by atoms with Crippen LogP contribution in [0.5, 0.6) is 0 Å². The molecule has 0 heterocycles. The summed E-state index contributed by atoms with van der Waals surface area (Å²) in [5.41, 5.74) is 1.08. The van der Waals surface area contributed by atoms with Crippen LogP contribution >= 0.6 is 0 Å². The van der Waals surface area contributed by atoms with Gasteiger partial charge in [-0.2, -0.15) is 0 Å². The van der Waals surface area contributed by atoms with Gasteiger partial charge >= 0.3 is 0 Å². The van der Waals surface area contributed by atoms with Crippen molar-refractivity contribution >= 4 is 10.0 Å². The van der Waals surface area contributed by atoms with Crippen molar-refractivity contribution in [2.75, 3.05) is 13.6 Å². The second-order valence-electron chi connectivity index (χ2n) is 5.81. The summed E-state index contributed by atoms with van der Waals surface area (Å²) in [6.45, 7) is 3.54. The first-order valence-corrected chi connectivity index (χ1v) is 8.73. The number of hydrogen-bond donors (Lipinski definition) is 2. The van der Waals surface area contributed by atoms with Crippen molar-refractivity contribution in [3.8, 4) is 0 Å². The zero-order chi connectivity index (χ0) is 14.6. The lowest BCUT2D eigenvalue weighted by Crippen LogP contribution is -2.28. The highest BCUT2D eigenvalue weighted by Gasteiger charge is 2.23. The third-order valence-electron chi connectivity index (χ3n) is 3.98. The SMILES string of the molecule is CNCc1ccc(S(=O)(=O)NCC2CCC(C)C2)cc1. The van der Waals surface area contributed by atoms with Crippen molar-refractivity contribution < 1.29 is 8.42 Å². The topological polar surface area (TPSA) is 58.2 Å². The van der Waals surface area contributed by atoms with Gasteiger partial charge in [-0.15, -0.1) is 0 Å². The van der Waals surface area contributed by atoms with Crippen LogP contribution in [-0.2, 0) is 16.6 Å². The fourth-order valence-electron chi connectivity index (χ4n) is 2.81. The average molecular weight is 296 g/mol. The van der Waals surface area contributed by atoms with E-state index in [1.807, 2.05) is 19.2 Å². The van der Waals surface area contributed by atoms with E-state index < -0.39 is 10.0 Å². The molecule has 2 rings (SSSR count). The quantitative estimate of drug-likeness (QED) is 0.845. The zero-order valence-corrected chi connectivity index (χ0v) is 13.0. The Morgan fingerprint density at radius 3 is 2.45 bits per heavy atom. The van der Waals surface area contributed by atoms with Crippen molar-refractivity contribution in [1.82, 2.24) is 10.0 Å². The number of nitrogens with one attached hydrogen (secondary N) is 2. The van der Waals surface area contributed by atoms with Crippen LogP contribution in [0.25, 0.3) is 0 Å². The molecule has 1 fully saturated rings. The minimum atomic E-state index is -3.37. The van der Waals surface area contributed by atoms with Gasteiger partial charge in [0.05, 0.1) is 4.90 Å². The Morgan fingerprint density at radius 2 is 1.90 bits per heavy atom. The standard InChI is InChI=1S/C15H24N2O2S/c1-12-3-4-14(9-12)11-17-20(18,19)15-7-5-13(6-8-15)10-16-2/h5-8,12,14,16-17H,3-4,9-11H2,1-2H3. The molecule has 0 amide bonds. The maximum atomic E-state index is 12.2. The molecule has 2 atom stereocenters. The minimum Gasteiger partial charge on any atom is -0.316 e. The van der Waals surface area contributed by atoms with Crippen molar-refractivity contribution in [2.24, 2.45) is 11.8 Å². The van der Waals surface area contributed by atoms with Gasteiger partial charge in [0.2, 0.25) is 10.0 Å². The number of benzene rings is 1. The Labute approximate surface area is 122 Å². The van der Waals surface area contributed by atoms with Crippen LogP contribution in [0, 0.1) is 11.8 Å². The molecule has 1 aliphatic rings. The van der Waals surface area contributed by atoms with E-state index in [0.29, 0.717) is 17.4 Å². The Kier molecular flexibility index (Phi) is 5.18. The Morgan fingerprint density at radius 1 is 1.20 bits per heavy atom. The first-order chi connectivity index (χ1) is 9.51. The molecule has 0 radical (unpaired) electrons. The summed E-state index contributed by atoms with van der Waals surface area (Å²) in [5, 5.41) is 3.04. The summed E-state index contributed by atoms with van der Waals surface area (Å²) in [6.07, 6.45) is 3.47. The average Bonchev–Trinajstić information content (AvgIpc) is 2.84. The lowest BCUT2D eigenvalue weighted by atomic mass is 10.1. The van der Waals surface area contributed by atoms with Crippen LogP contribution in [0.15, 0.2) is 29.2 Å². The van der Waals surface area contributed by atoms with E-state index in [0.717, 1.165) is 30.9 Å². The summed E-state index contributed by atoms with van der Waals surface area (Å²) in [6, 6.07) is 7.05. The van der Waals surface area contributed by atoms with Gasteiger partial charge in [-0.1, -0.05) is 25.5 Å². The van der Waals surface area contributed by atoms with Gasteiger partial charge in [0.25, 0.3) is 0 Å². The summed E-state index contributed by atoms with van der Waals surface area (Å²) in [4.78, 5) is 0.350. The maximum absolute atomic E-state index is 12.2. The third kappa shape index (κ3) is 4.04. The molecule has 0 saturated heterocycles. The van der Waals surface area contributed by atoms with Gasteiger partial charge in [-0.25, -0.2) is 13.1 Å². The molecule has 0 bridgehead atoms. The van der Waals surface area contributed by atoms with Gasteiger partial charge in [0.15, 0.2) is 0 Å². The van der Waals surface area contributed by atoms with Crippen molar-refractivity contribution in [2.45, 2.75) is 37.6 Å². The lowest BCUT2D eigenvalue weighted by molar-refractivity contribution is 0.498. The molecule has 1 aliphatic carbocycles. The number of sulfonamides is 1. The summed E-state index contributed by atoms with van der Waals surface area (Å²) >= 11 is 0. The van der Waals surface area contributed by atoms with Crippen LogP contribution < -0.4 is 10.0 Å². The van der Waals surface area contributed by atoms with Gasteiger partial charge in [0, 0.05) is 13.1 Å². The van der Waals surface area contributed by atoms with Gasteiger partial charge in [-0.05, 0) is 49.4 Å². The molecular weight excluding hydrogens is 272 g/mol. The first kappa shape index (κ1) is 15.5. The fraction of sp³-hybridized carbons (Fsp3) is 0.600. The smallest absolute Gasteiger partial charge is 0.240 e.